The van der Waals surface area contributed by atoms with Crippen LogP contribution in [0.5, 0.6) is 0 Å². The third kappa shape index (κ3) is 18.7. The lowest BCUT2D eigenvalue weighted by Crippen LogP contribution is -2.58. The molecule has 0 saturated carbocycles. The van der Waals surface area contributed by atoms with Gasteiger partial charge in [-0.25, -0.2) is 0 Å². The molecule has 0 unspecified atom stereocenters. The van der Waals surface area contributed by atoms with Crippen molar-refractivity contribution >= 4 is 23.6 Å². The molecule has 0 aliphatic carbocycles. The van der Waals surface area contributed by atoms with E-state index >= 15 is 0 Å². The second-order valence-electron chi connectivity index (χ2n) is 13.8. The lowest BCUT2D eigenvalue weighted by Gasteiger charge is -2.38. The topological polar surface area (TPSA) is 78.0 Å². The number of hydrogen-bond donors (Lipinski definition) is 0. The van der Waals surface area contributed by atoms with Crippen molar-refractivity contribution in [3.8, 4) is 0 Å². The van der Waals surface area contributed by atoms with Crippen molar-refractivity contribution < 1.29 is 19.2 Å². The van der Waals surface area contributed by atoms with Crippen LogP contribution in [0, 0.1) is 0 Å². The van der Waals surface area contributed by atoms with Crippen LogP contribution in [0.1, 0.15) is 161 Å². The second kappa shape index (κ2) is 27.1. The third-order valence-corrected chi connectivity index (χ3v) is 9.26. The molecule has 2 rings (SSSR count). The predicted octanol–water partition coefficient (Wildman–Crippen LogP) is 9.59. The van der Waals surface area contributed by atoms with E-state index in [4.69, 9.17) is 0 Å². The maximum atomic E-state index is 14.0. The molecule has 0 saturated heterocycles. The first kappa shape index (κ1) is 41.4. The van der Waals surface area contributed by atoms with Crippen molar-refractivity contribution in [3.63, 3.8) is 0 Å². The van der Waals surface area contributed by atoms with Gasteiger partial charge in [0.2, 0.25) is 23.6 Å². The van der Waals surface area contributed by atoms with Crippen molar-refractivity contribution in [1.29, 1.82) is 0 Å². The molecule has 2 heterocycles. The highest BCUT2D eigenvalue weighted by atomic mass is 16.2. The molecule has 7 heteroatoms. The smallest absolute Gasteiger partial charge is 0.230 e. The van der Waals surface area contributed by atoms with Crippen LogP contribution in [0.3, 0.4) is 0 Å². The summed E-state index contributed by atoms with van der Waals surface area (Å²) >= 11 is 0. The Kier molecular flexibility index (Phi) is 23.3. The van der Waals surface area contributed by atoms with Crippen LogP contribution in [-0.4, -0.2) is 65.1 Å². The average molecular weight is 666 g/mol. The molecule has 0 aromatic carbocycles. The summed E-state index contributed by atoms with van der Waals surface area (Å²) in [5.41, 5.74) is 0. The predicted molar refractivity (Wildman–Crippen MR) is 198 cm³/mol. The van der Waals surface area contributed by atoms with Gasteiger partial charge < -0.3 is 4.90 Å². The number of imide groups is 2. The first-order valence-corrected chi connectivity index (χ1v) is 19.4. The molecule has 2 aliphatic heterocycles. The number of nitrogens with zero attached hydrogens (tertiary/aromatic N) is 3. The summed E-state index contributed by atoms with van der Waals surface area (Å²) in [6, 6.07) is 0. The number of carbonyl (C=O) groups is 4. The molecule has 0 spiro atoms. The average Bonchev–Trinajstić information content (AvgIpc) is 3.06. The highest BCUT2D eigenvalue weighted by Crippen LogP contribution is 2.22. The van der Waals surface area contributed by atoms with E-state index in [1.54, 1.807) is 0 Å². The molecule has 0 aromatic heterocycles. The molecule has 48 heavy (non-hydrogen) atoms. The van der Waals surface area contributed by atoms with Gasteiger partial charge in [-0.1, -0.05) is 87.1 Å². The van der Waals surface area contributed by atoms with Crippen LogP contribution in [0.25, 0.3) is 0 Å². The summed E-state index contributed by atoms with van der Waals surface area (Å²) in [6.07, 6.45) is 36.8. The van der Waals surface area contributed by atoms with E-state index in [9.17, 15) is 19.2 Å². The van der Waals surface area contributed by atoms with Crippen LogP contribution in [-0.2, 0) is 19.2 Å². The van der Waals surface area contributed by atoms with Gasteiger partial charge in [-0.3, -0.25) is 29.0 Å². The number of rotatable bonds is 5. The molecular weight excluding hydrogens is 598 g/mol. The lowest BCUT2D eigenvalue weighted by atomic mass is 10.1. The fraction of sp³-hybridized carbons (Fsp3) is 0.707. The molecule has 0 atom stereocenters. The van der Waals surface area contributed by atoms with Gasteiger partial charge in [0.05, 0.1) is 0 Å². The Hall–Kier alpha value is -2.80. The van der Waals surface area contributed by atoms with Gasteiger partial charge in [0.15, 0.2) is 0 Å². The molecule has 0 radical (unpaired) electrons. The number of hydrogen-bond acceptors (Lipinski definition) is 5. The van der Waals surface area contributed by atoms with E-state index in [0.717, 1.165) is 103 Å². The molecule has 2 aliphatic rings. The zero-order chi connectivity index (χ0) is 34.7. The SMILES string of the molecule is CN(C)CCC(N1C(=O)CCCCC=CCC=CCCCCCCCC1=O)N1C(=O)CCCCC=CCC=CCCCCCCCC1=O. The first-order chi connectivity index (χ1) is 23.4. The van der Waals surface area contributed by atoms with Crippen LogP contribution in [0.2, 0.25) is 0 Å². The minimum absolute atomic E-state index is 0.232. The third-order valence-electron chi connectivity index (χ3n) is 9.26. The van der Waals surface area contributed by atoms with Gasteiger partial charge in [-0.15, -0.1) is 0 Å². The largest absolute Gasteiger partial charge is 0.309 e. The summed E-state index contributed by atoms with van der Waals surface area (Å²) in [7, 11) is 3.89. The van der Waals surface area contributed by atoms with Crippen molar-refractivity contribution in [1.82, 2.24) is 14.7 Å². The Balaban J connectivity index is 2.35. The molecule has 0 fully saturated rings. The van der Waals surface area contributed by atoms with Gasteiger partial charge in [0.25, 0.3) is 0 Å². The summed E-state index contributed by atoms with van der Waals surface area (Å²) in [5.74, 6) is -1.02. The zero-order valence-corrected chi connectivity index (χ0v) is 30.6. The molecule has 4 amide bonds. The van der Waals surface area contributed by atoms with Crippen LogP contribution in [0.4, 0.5) is 0 Å². The van der Waals surface area contributed by atoms with Gasteiger partial charge in [0.1, 0.15) is 6.17 Å². The zero-order valence-electron chi connectivity index (χ0n) is 30.6. The minimum Gasteiger partial charge on any atom is -0.309 e. The van der Waals surface area contributed by atoms with Crippen molar-refractivity contribution in [2.75, 3.05) is 20.6 Å². The van der Waals surface area contributed by atoms with Crippen LogP contribution in [0.15, 0.2) is 48.6 Å². The maximum Gasteiger partial charge on any atom is 0.230 e. The van der Waals surface area contributed by atoms with Gasteiger partial charge in [0, 0.05) is 38.6 Å². The van der Waals surface area contributed by atoms with E-state index in [-0.39, 0.29) is 49.3 Å². The van der Waals surface area contributed by atoms with Gasteiger partial charge in [-0.2, -0.15) is 0 Å². The molecule has 270 valence electrons. The Labute approximate surface area is 292 Å². The quantitative estimate of drug-likeness (QED) is 0.216. The fourth-order valence-corrected chi connectivity index (χ4v) is 6.40. The molecule has 7 nitrogen and oxygen atoms in total. The monoisotopic (exact) mass is 666 g/mol. The van der Waals surface area contributed by atoms with E-state index < -0.39 is 6.17 Å². The van der Waals surface area contributed by atoms with Gasteiger partial charge >= 0.3 is 0 Å². The van der Waals surface area contributed by atoms with Gasteiger partial charge in [-0.05, 0) is 104 Å². The maximum absolute atomic E-state index is 14.0. The molecular formula is C41H67N3O4. The Bertz CT molecular complexity index is 968. The molecule has 0 aromatic rings. The number of allylic oxidation sites excluding steroid dienone is 8. The Morgan fingerprint density at radius 2 is 0.750 bits per heavy atom. The Morgan fingerprint density at radius 3 is 1.10 bits per heavy atom. The fourth-order valence-electron chi connectivity index (χ4n) is 6.40. The number of carbonyl (C=O) groups excluding carboxylic acids is 4. The van der Waals surface area contributed by atoms with Crippen molar-refractivity contribution in [2.24, 2.45) is 0 Å². The van der Waals surface area contributed by atoms with E-state index in [2.05, 4.69) is 48.6 Å². The highest BCUT2D eigenvalue weighted by molar-refractivity contribution is 5.99. The summed E-state index contributed by atoms with van der Waals surface area (Å²) in [5, 5.41) is 0. The summed E-state index contributed by atoms with van der Waals surface area (Å²) in [6.45, 7) is 0.552. The minimum atomic E-state index is -0.896. The summed E-state index contributed by atoms with van der Waals surface area (Å²) < 4.78 is 0. The first-order valence-electron chi connectivity index (χ1n) is 19.4. The van der Waals surface area contributed by atoms with Crippen LogP contribution < -0.4 is 0 Å². The number of amides is 4. The van der Waals surface area contributed by atoms with Crippen molar-refractivity contribution in [2.45, 2.75) is 167 Å². The highest BCUT2D eigenvalue weighted by Gasteiger charge is 2.38. The normalized spacial score (nSPS) is 21.6. The van der Waals surface area contributed by atoms with E-state index in [1.165, 1.54) is 9.80 Å². The standard InChI is InChI=1S/C41H67N3O4/c1-42(2)36-35-37(43-38(45)31-27-23-19-15-11-7-3-4-8-12-16-20-24-28-32-39(43)46)44-40(47)33-29-25-21-17-13-9-5-6-10-14-18-22-26-30-34-41(44)48/h3-6,11,13,15,17,37H,7-10,12,14,16,18-36H2,1-2H3. The van der Waals surface area contributed by atoms with E-state index in [0.29, 0.717) is 38.6 Å². The second-order valence-corrected chi connectivity index (χ2v) is 13.8. The lowest BCUT2D eigenvalue weighted by molar-refractivity contribution is -0.162. The molecule has 0 bridgehead atoms. The summed E-state index contributed by atoms with van der Waals surface area (Å²) in [4.78, 5) is 60.8. The van der Waals surface area contributed by atoms with Crippen molar-refractivity contribution in [3.05, 3.63) is 48.6 Å². The molecule has 0 N–H and O–H groups in total. The van der Waals surface area contributed by atoms with E-state index in [1.807, 2.05) is 19.0 Å². The Morgan fingerprint density at radius 1 is 0.458 bits per heavy atom. The van der Waals surface area contributed by atoms with Crippen LogP contribution >= 0.6 is 0 Å².